The Labute approximate surface area is 248 Å². The Hall–Kier alpha value is -4.05. The molecule has 0 unspecified atom stereocenters. The number of carbonyl (C=O) groups is 2. The number of hydrogen-bond donors (Lipinski definition) is 1. The summed E-state index contributed by atoms with van der Waals surface area (Å²) in [5.41, 5.74) is 1.10. The van der Waals surface area contributed by atoms with Crippen molar-refractivity contribution in [1.29, 1.82) is 0 Å². The van der Waals surface area contributed by atoms with E-state index in [1.165, 1.54) is 24.1 Å². The van der Waals surface area contributed by atoms with E-state index >= 15 is 0 Å². The Morgan fingerprint density at radius 3 is 2.00 bits per heavy atom. The number of sulfonamides is 1. The molecule has 3 aromatic carbocycles. The number of rotatable bonds is 13. The molecule has 1 saturated carbocycles. The van der Waals surface area contributed by atoms with Crippen LogP contribution in [0.4, 0.5) is 5.69 Å². The van der Waals surface area contributed by atoms with Crippen LogP contribution >= 0.6 is 0 Å². The van der Waals surface area contributed by atoms with E-state index in [0.29, 0.717) is 23.6 Å². The molecule has 9 nitrogen and oxygen atoms in total. The maximum absolute atomic E-state index is 14.2. The average molecular weight is 594 g/mol. The maximum atomic E-state index is 14.2. The van der Waals surface area contributed by atoms with Crippen molar-refractivity contribution in [2.75, 3.05) is 25.1 Å². The number of ether oxygens (including phenoxy) is 2. The van der Waals surface area contributed by atoms with Gasteiger partial charge in [-0.25, -0.2) is 8.42 Å². The minimum Gasteiger partial charge on any atom is -0.497 e. The third-order valence-corrected chi connectivity index (χ3v) is 9.36. The molecule has 1 fully saturated rings. The van der Waals surface area contributed by atoms with Crippen molar-refractivity contribution in [3.63, 3.8) is 0 Å². The second kappa shape index (κ2) is 14.2. The van der Waals surface area contributed by atoms with Gasteiger partial charge in [0, 0.05) is 12.6 Å². The van der Waals surface area contributed by atoms with Crippen LogP contribution in [-0.2, 0) is 26.2 Å². The van der Waals surface area contributed by atoms with Crippen LogP contribution < -0.4 is 19.1 Å². The van der Waals surface area contributed by atoms with Crippen LogP contribution in [0, 0.1) is 0 Å². The van der Waals surface area contributed by atoms with Crippen LogP contribution in [0.15, 0.2) is 83.8 Å². The Kier molecular flexibility index (Phi) is 10.5. The summed E-state index contributed by atoms with van der Waals surface area (Å²) in [5, 5.41) is 3.12. The van der Waals surface area contributed by atoms with E-state index in [1.807, 2.05) is 19.1 Å². The monoisotopic (exact) mass is 593 g/mol. The van der Waals surface area contributed by atoms with Crippen molar-refractivity contribution in [3.05, 3.63) is 84.4 Å². The summed E-state index contributed by atoms with van der Waals surface area (Å²) in [4.78, 5) is 29.3. The summed E-state index contributed by atoms with van der Waals surface area (Å²) in [5.74, 6) is 0.503. The summed E-state index contributed by atoms with van der Waals surface area (Å²) < 4.78 is 39.4. The summed E-state index contributed by atoms with van der Waals surface area (Å²) in [6.45, 7) is 1.49. The van der Waals surface area contributed by atoms with Crippen molar-refractivity contribution in [3.8, 4) is 11.5 Å². The first kappa shape index (κ1) is 30.9. The number of methoxy groups -OCH3 is 2. The van der Waals surface area contributed by atoms with E-state index in [2.05, 4.69) is 5.32 Å². The molecule has 0 saturated heterocycles. The molecular formula is C32H39N3O6S. The van der Waals surface area contributed by atoms with Gasteiger partial charge in [0.2, 0.25) is 11.8 Å². The standard InChI is InChI=1S/C32H39N3O6S/c1-4-30(32(37)33-25-10-8-9-11-25)34(22-24-14-18-27(40-2)19-15-24)31(36)23-35(26-16-20-28(41-3)21-17-26)42(38,39)29-12-6-5-7-13-29/h5-7,12-21,25,30H,4,8-11,22-23H2,1-3H3,(H,33,37)/t30-/m0/s1. The lowest BCUT2D eigenvalue weighted by Gasteiger charge is -2.33. The highest BCUT2D eigenvalue weighted by atomic mass is 32.2. The predicted molar refractivity (Wildman–Crippen MR) is 162 cm³/mol. The molecule has 0 heterocycles. The first-order valence-electron chi connectivity index (χ1n) is 14.2. The van der Waals surface area contributed by atoms with Gasteiger partial charge in [-0.05, 0) is 73.4 Å². The Balaban J connectivity index is 1.70. The van der Waals surface area contributed by atoms with Crippen molar-refractivity contribution >= 4 is 27.5 Å². The summed E-state index contributed by atoms with van der Waals surface area (Å²) in [6, 6.07) is 21.0. The van der Waals surface area contributed by atoms with Gasteiger partial charge in [-0.15, -0.1) is 0 Å². The molecule has 2 amide bonds. The normalized spacial score (nSPS) is 14.2. The highest BCUT2D eigenvalue weighted by Gasteiger charge is 2.34. The number of amides is 2. The molecule has 0 bridgehead atoms. The highest BCUT2D eigenvalue weighted by molar-refractivity contribution is 7.92. The highest BCUT2D eigenvalue weighted by Crippen LogP contribution is 2.27. The van der Waals surface area contributed by atoms with Crippen LogP contribution in [0.25, 0.3) is 0 Å². The fraction of sp³-hybridized carbons (Fsp3) is 0.375. The van der Waals surface area contributed by atoms with E-state index in [4.69, 9.17) is 9.47 Å². The number of benzene rings is 3. The molecule has 1 atom stereocenters. The third kappa shape index (κ3) is 7.42. The fourth-order valence-electron chi connectivity index (χ4n) is 5.21. The van der Waals surface area contributed by atoms with E-state index in [9.17, 15) is 18.0 Å². The Bertz CT molecular complexity index is 1420. The van der Waals surface area contributed by atoms with Crippen LogP contribution in [0.3, 0.4) is 0 Å². The topological polar surface area (TPSA) is 105 Å². The van der Waals surface area contributed by atoms with Gasteiger partial charge in [-0.1, -0.05) is 50.1 Å². The molecule has 10 heteroatoms. The zero-order valence-corrected chi connectivity index (χ0v) is 25.2. The molecular weight excluding hydrogens is 554 g/mol. The minimum atomic E-state index is -4.13. The first-order valence-corrected chi connectivity index (χ1v) is 15.7. The molecule has 1 aliphatic rings. The maximum Gasteiger partial charge on any atom is 0.264 e. The molecule has 42 heavy (non-hydrogen) atoms. The van der Waals surface area contributed by atoms with Gasteiger partial charge in [-0.3, -0.25) is 13.9 Å². The molecule has 0 aliphatic heterocycles. The summed E-state index contributed by atoms with van der Waals surface area (Å²) in [7, 11) is -1.03. The lowest BCUT2D eigenvalue weighted by Crippen LogP contribution is -2.53. The number of carbonyl (C=O) groups excluding carboxylic acids is 2. The second-order valence-corrected chi connectivity index (χ2v) is 12.2. The van der Waals surface area contributed by atoms with E-state index in [1.54, 1.807) is 61.7 Å². The van der Waals surface area contributed by atoms with Crippen molar-refractivity contribution in [1.82, 2.24) is 10.2 Å². The molecule has 0 spiro atoms. The molecule has 3 aromatic rings. The molecule has 0 radical (unpaired) electrons. The quantitative estimate of drug-likeness (QED) is 0.306. The van der Waals surface area contributed by atoms with Crippen molar-refractivity contribution in [2.24, 2.45) is 0 Å². The lowest BCUT2D eigenvalue weighted by atomic mass is 10.1. The number of nitrogens with zero attached hydrogens (tertiary/aromatic N) is 2. The SMILES string of the molecule is CC[C@@H](C(=O)NC1CCCC1)N(Cc1ccc(OC)cc1)C(=O)CN(c1ccc(OC)cc1)S(=O)(=O)c1ccccc1. The number of anilines is 1. The predicted octanol–water partition coefficient (Wildman–Crippen LogP) is 4.77. The van der Waals surface area contributed by atoms with Crippen LogP contribution in [0.2, 0.25) is 0 Å². The average Bonchev–Trinajstić information content (AvgIpc) is 3.53. The lowest BCUT2D eigenvalue weighted by molar-refractivity contribution is -0.140. The van der Waals surface area contributed by atoms with Crippen LogP contribution in [-0.4, -0.2) is 58.0 Å². The first-order chi connectivity index (χ1) is 20.3. The molecule has 0 aromatic heterocycles. The summed E-state index contributed by atoms with van der Waals surface area (Å²) in [6.07, 6.45) is 4.31. The fourth-order valence-corrected chi connectivity index (χ4v) is 6.65. The van der Waals surface area contributed by atoms with Crippen molar-refractivity contribution < 1.29 is 27.5 Å². The number of nitrogens with one attached hydrogen (secondary N) is 1. The van der Waals surface area contributed by atoms with Gasteiger partial charge in [0.15, 0.2) is 0 Å². The molecule has 1 aliphatic carbocycles. The third-order valence-electron chi connectivity index (χ3n) is 7.57. The molecule has 224 valence electrons. The van der Waals surface area contributed by atoms with Gasteiger partial charge in [0.25, 0.3) is 10.0 Å². The van der Waals surface area contributed by atoms with Gasteiger partial charge < -0.3 is 19.7 Å². The number of hydrogen-bond acceptors (Lipinski definition) is 6. The zero-order chi connectivity index (χ0) is 30.1. The van der Waals surface area contributed by atoms with Crippen LogP contribution in [0.5, 0.6) is 11.5 Å². The molecule has 1 N–H and O–H groups in total. The van der Waals surface area contributed by atoms with E-state index in [0.717, 1.165) is 35.6 Å². The van der Waals surface area contributed by atoms with Gasteiger partial charge in [-0.2, -0.15) is 0 Å². The van der Waals surface area contributed by atoms with E-state index in [-0.39, 0.29) is 23.4 Å². The van der Waals surface area contributed by atoms with Gasteiger partial charge >= 0.3 is 0 Å². The Morgan fingerprint density at radius 1 is 0.881 bits per heavy atom. The van der Waals surface area contributed by atoms with Gasteiger partial charge in [0.1, 0.15) is 24.1 Å². The minimum absolute atomic E-state index is 0.0568. The Morgan fingerprint density at radius 2 is 1.45 bits per heavy atom. The van der Waals surface area contributed by atoms with Crippen LogP contribution in [0.1, 0.15) is 44.6 Å². The summed E-state index contributed by atoms with van der Waals surface area (Å²) >= 11 is 0. The smallest absolute Gasteiger partial charge is 0.264 e. The van der Waals surface area contributed by atoms with Crippen molar-refractivity contribution in [2.45, 2.75) is 62.6 Å². The molecule has 4 rings (SSSR count). The van der Waals surface area contributed by atoms with E-state index < -0.39 is 28.5 Å². The largest absolute Gasteiger partial charge is 0.497 e. The second-order valence-electron chi connectivity index (χ2n) is 10.3. The zero-order valence-electron chi connectivity index (χ0n) is 24.4. The van der Waals surface area contributed by atoms with Gasteiger partial charge in [0.05, 0.1) is 24.8 Å².